The van der Waals surface area contributed by atoms with Gasteiger partial charge in [-0.25, -0.2) is 0 Å². The third-order valence-electron chi connectivity index (χ3n) is 1.91. The summed E-state index contributed by atoms with van der Waals surface area (Å²) in [7, 11) is 0. The molecule has 0 fully saturated rings. The van der Waals surface area contributed by atoms with Crippen LogP contribution in [0.4, 0.5) is 0 Å². The van der Waals surface area contributed by atoms with Crippen molar-refractivity contribution in [2.24, 2.45) is 0 Å². The zero-order chi connectivity index (χ0) is 9.84. The smallest absolute Gasteiger partial charge is 0.321 e. The Balaban J connectivity index is 2.89. The molecule has 2 nitrogen and oxygen atoms in total. The fraction of sp³-hybridized carbons (Fsp3) is 0.300. The Morgan fingerprint density at radius 1 is 1.46 bits per heavy atom. The topological polar surface area (TPSA) is 26.3 Å². The van der Waals surface area contributed by atoms with Crippen LogP contribution in [-0.2, 0) is 4.79 Å². The molecule has 1 aromatic rings. The molecule has 0 aliphatic carbocycles. The number of aryl methyl sites for hydroxylation is 1. The van der Waals surface area contributed by atoms with E-state index >= 15 is 0 Å². The van der Waals surface area contributed by atoms with Crippen molar-refractivity contribution in [2.75, 3.05) is 5.75 Å². The van der Waals surface area contributed by atoms with Gasteiger partial charge in [0, 0.05) is 0 Å². The van der Waals surface area contributed by atoms with Gasteiger partial charge in [-0.05, 0) is 31.0 Å². The molecule has 3 heteroatoms. The molecule has 70 valence electrons. The van der Waals surface area contributed by atoms with Crippen molar-refractivity contribution in [3.8, 4) is 5.75 Å². The fourth-order valence-corrected chi connectivity index (χ4v) is 1.05. The van der Waals surface area contributed by atoms with Crippen LogP contribution < -0.4 is 4.74 Å². The minimum atomic E-state index is -0.322. The summed E-state index contributed by atoms with van der Waals surface area (Å²) < 4.78 is 5.06. The van der Waals surface area contributed by atoms with Crippen LogP contribution in [0, 0.1) is 13.8 Å². The third kappa shape index (κ3) is 2.49. The first-order valence-electron chi connectivity index (χ1n) is 4.03. The molecule has 0 unspecified atom stereocenters. The first kappa shape index (κ1) is 10.1. The van der Waals surface area contributed by atoms with Crippen molar-refractivity contribution >= 4 is 18.6 Å². The lowest BCUT2D eigenvalue weighted by Crippen LogP contribution is -2.10. The molecular weight excluding hydrogens is 184 g/mol. The standard InChI is InChI=1S/C10H12O2S/c1-7-4-3-5-9(8(7)2)12-10(11)6-13/h3-5,13H,6H2,1-2H3. The van der Waals surface area contributed by atoms with Gasteiger partial charge in [-0.1, -0.05) is 12.1 Å². The fourth-order valence-electron chi connectivity index (χ4n) is 0.990. The van der Waals surface area contributed by atoms with E-state index < -0.39 is 0 Å². The highest BCUT2D eigenvalue weighted by atomic mass is 32.1. The molecule has 0 aliphatic rings. The van der Waals surface area contributed by atoms with Crippen LogP contribution in [0.3, 0.4) is 0 Å². The van der Waals surface area contributed by atoms with E-state index in [1.54, 1.807) is 6.07 Å². The number of rotatable bonds is 2. The van der Waals surface area contributed by atoms with Crippen molar-refractivity contribution in [3.63, 3.8) is 0 Å². The molecule has 0 amide bonds. The summed E-state index contributed by atoms with van der Waals surface area (Å²) in [4.78, 5) is 10.9. The van der Waals surface area contributed by atoms with E-state index in [2.05, 4.69) is 12.6 Å². The summed E-state index contributed by atoms with van der Waals surface area (Å²) in [6, 6.07) is 5.63. The third-order valence-corrected chi connectivity index (χ3v) is 2.17. The van der Waals surface area contributed by atoms with Crippen molar-refractivity contribution in [2.45, 2.75) is 13.8 Å². The van der Waals surface area contributed by atoms with Crippen LogP contribution in [0.5, 0.6) is 5.75 Å². The number of hydrogen-bond donors (Lipinski definition) is 1. The lowest BCUT2D eigenvalue weighted by Gasteiger charge is -2.07. The van der Waals surface area contributed by atoms with Gasteiger partial charge in [-0.15, -0.1) is 0 Å². The normalized spacial score (nSPS) is 9.77. The average Bonchev–Trinajstić information content (AvgIpc) is 2.13. The van der Waals surface area contributed by atoms with Crippen LogP contribution in [0.15, 0.2) is 18.2 Å². The lowest BCUT2D eigenvalue weighted by molar-refractivity contribution is -0.131. The molecule has 1 rings (SSSR count). The van der Waals surface area contributed by atoms with Gasteiger partial charge in [0.1, 0.15) is 5.75 Å². The van der Waals surface area contributed by atoms with Gasteiger partial charge in [0.25, 0.3) is 0 Å². The van der Waals surface area contributed by atoms with Gasteiger partial charge in [0.2, 0.25) is 0 Å². The second-order valence-corrected chi connectivity index (χ2v) is 3.15. The predicted molar refractivity (Wildman–Crippen MR) is 55.4 cm³/mol. The van der Waals surface area contributed by atoms with E-state index in [1.807, 2.05) is 26.0 Å². The Kier molecular flexibility index (Phi) is 3.37. The summed E-state index contributed by atoms with van der Waals surface area (Å²) in [5.41, 5.74) is 2.11. The molecule has 1 aromatic carbocycles. The molecule has 0 bridgehead atoms. The predicted octanol–water partition coefficient (Wildman–Crippen LogP) is 2.14. The molecule has 0 aliphatic heterocycles. The van der Waals surface area contributed by atoms with Gasteiger partial charge in [-0.3, -0.25) is 4.79 Å². The summed E-state index contributed by atoms with van der Waals surface area (Å²) in [5.74, 6) is 0.406. The van der Waals surface area contributed by atoms with Crippen molar-refractivity contribution in [3.05, 3.63) is 29.3 Å². The number of esters is 1. The highest BCUT2D eigenvalue weighted by Gasteiger charge is 2.05. The first-order chi connectivity index (χ1) is 6.15. The number of carbonyl (C=O) groups is 1. The van der Waals surface area contributed by atoms with Gasteiger partial charge in [0.05, 0.1) is 5.75 Å². The van der Waals surface area contributed by atoms with Crippen LogP contribution in [0.25, 0.3) is 0 Å². The molecule has 0 saturated carbocycles. The summed E-state index contributed by atoms with van der Waals surface area (Å²) in [6.45, 7) is 3.91. The second kappa shape index (κ2) is 4.33. The number of carbonyl (C=O) groups excluding carboxylic acids is 1. The molecule has 0 aromatic heterocycles. The average molecular weight is 196 g/mol. The van der Waals surface area contributed by atoms with E-state index in [9.17, 15) is 4.79 Å². The van der Waals surface area contributed by atoms with Crippen LogP contribution in [0.2, 0.25) is 0 Å². The second-order valence-electron chi connectivity index (χ2n) is 2.83. The Bertz CT molecular complexity index is 321. The van der Waals surface area contributed by atoms with E-state index in [0.29, 0.717) is 5.75 Å². The largest absolute Gasteiger partial charge is 0.426 e. The molecule has 0 N–H and O–H groups in total. The summed E-state index contributed by atoms with van der Waals surface area (Å²) in [6.07, 6.45) is 0. The monoisotopic (exact) mass is 196 g/mol. The van der Waals surface area contributed by atoms with E-state index in [-0.39, 0.29) is 11.7 Å². The minimum absolute atomic E-state index is 0.105. The van der Waals surface area contributed by atoms with Crippen molar-refractivity contribution in [1.82, 2.24) is 0 Å². The first-order valence-corrected chi connectivity index (χ1v) is 4.66. The maximum Gasteiger partial charge on any atom is 0.321 e. The lowest BCUT2D eigenvalue weighted by atomic mass is 10.1. The van der Waals surface area contributed by atoms with Gasteiger partial charge in [0.15, 0.2) is 0 Å². The zero-order valence-corrected chi connectivity index (χ0v) is 8.60. The maximum atomic E-state index is 10.9. The summed E-state index contributed by atoms with van der Waals surface area (Å²) >= 11 is 3.83. The molecule has 0 spiro atoms. The Morgan fingerprint density at radius 3 is 2.77 bits per heavy atom. The molecule has 0 radical (unpaired) electrons. The molecular formula is C10H12O2S. The van der Waals surface area contributed by atoms with Gasteiger partial charge < -0.3 is 4.74 Å². The van der Waals surface area contributed by atoms with Crippen LogP contribution in [0.1, 0.15) is 11.1 Å². The number of thiol groups is 1. The molecule has 0 heterocycles. The quantitative estimate of drug-likeness (QED) is 0.445. The van der Waals surface area contributed by atoms with E-state index in [1.165, 1.54) is 0 Å². The Morgan fingerprint density at radius 2 is 2.15 bits per heavy atom. The zero-order valence-electron chi connectivity index (χ0n) is 7.70. The van der Waals surface area contributed by atoms with Crippen molar-refractivity contribution in [1.29, 1.82) is 0 Å². The number of hydrogen-bond acceptors (Lipinski definition) is 3. The van der Waals surface area contributed by atoms with Crippen molar-refractivity contribution < 1.29 is 9.53 Å². The van der Waals surface area contributed by atoms with E-state index in [4.69, 9.17) is 4.74 Å². The highest BCUT2D eigenvalue weighted by Crippen LogP contribution is 2.20. The number of benzene rings is 1. The molecule has 13 heavy (non-hydrogen) atoms. The van der Waals surface area contributed by atoms with Crippen LogP contribution in [-0.4, -0.2) is 11.7 Å². The van der Waals surface area contributed by atoms with E-state index in [0.717, 1.165) is 11.1 Å². The minimum Gasteiger partial charge on any atom is -0.426 e. The molecule has 0 saturated heterocycles. The molecule has 0 atom stereocenters. The summed E-state index contributed by atoms with van der Waals surface area (Å²) in [5, 5.41) is 0. The maximum absolute atomic E-state index is 10.9. The Labute approximate surface area is 83.3 Å². The highest BCUT2D eigenvalue weighted by molar-refractivity contribution is 7.81. The van der Waals surface area contributed by atoms with Gasteiger partial charge in [-0.2, -0.15) is 12.6 Å². The number of ether oxygens (including phenoxy) is 1. The Hall–Kier alpha value is -0.960. The SMILES string of the molecule is Cc1cccc(OC(=O)CS)c1C. The van der Waals surface area contributed by atoms with Crippen LogP contribution >= 0.6 is 12.6 Å². The van der Waals surface area contributed by atoms with Gasteiger partial charge >= 0.3 is 5.97 Å².